The van der Waals surface area contributed by atoms with E-state index in [2.05, 4.69) is 44.5 Å². The van der Waals surface area contributed by atoms with Crippen LogP contribution < -0.4 is 10.0 Å². The molecule has 176 valence electrons. The third-order valence-corrected chi connectivity index (χ3v) is 7.09. The highest BCUT2D eigenvalue weighted by Gasteiger charge is 2.17. The van der Waals surface area contributed by atoms with E-state index in [4.69, 9.17) is 0 Å². The van der Waals surface area contributed by atoms with Gasteiger partial charge in [0.15, 0.2) is 0 Å². The van der Waals surface area contributed by atoms with Crippen LogP contribution in [0.25, 0.3) is 21.7 Å². The first-order valence-electron chi connectivity index (χ1n) is 10.7. The number of hydrogen-bond donors (Lipinski definition) is 3. The molecule has 0 saturated heterocycles. The Balaban J connectivity index is 1.60. The average molecular weight is 495 g/mol. The van der Waals surface area contributed by atoms with E-state index in [0.717, 1.165) is 44.6 Å². The number of benzene rings is 2. The molecule has 1 atom stereocenters. The second-order valence-electron chi connectivity index (χ2n) is 8.23. The first kappa shape index (κ1) is 23.9. The number of nitrogens with one attached hydrogen (secondary N) is 3. The van der Waals surface area contributed by atoms with Crippen molar-refractivity contribution in [3.8, 4) is 21.7 Å². The number of thiophene rings is 1. The highest BCUT2D eigenvalue weighted by Crippen LogP contribution is 2.32. The summed E-state index contributed by atoms with van der Waals surface area (Å²) in [7, 11) is -3.32. The van der Waals surface area contributed by atoms with Gasteiger partial charge >= 0.3 is 0 Å². The summed E-state index contributed by atoms with van der Waals surface area (Å²) in [5.74, 6) is -0.212. The maximum atomic E-state index is 13.2. The second kappa shape index (κ2) is 9.92. The lowest BCUT2D eigenvalue weighted by molar-refractivity contribution is 0.0939. The minimum atomic E-state index is -3.32. The van der Waals surface area contributed by atoms with Crippen molar-refractivity contribution < 1.29 is 13.2 Å². The van der Waals surface area contributed by atoms with Crippen molar-refractivity contribution in [2.24, 2.45) is 0 Å². The number of aryl methyl sites for hydroxylation is 1. The van der Waals surface area contributed by atoms with Crippen LogP contribution in [0, 0.1) is 6.92 Å². The van der Waals surface area contributed by atoms with Crippen molar-refractivity contribution in [2.45, 2.75) is 26.4 Å². The summed E-state index contributed by atoms with van der Waals surface area (Å²) < 4.78 is 25.3. The molecule has 0 radical (unpaired) electrons. The molecule has 4 aromatic rings. The summed E-state index contributed by atoms with van der Waals surface area (Å²) in [6.45, 7) is 3.94. The van der Waals surface area contributed by atoms with Gasteiger partial charge in [-0.1, -0.05) is 18.2 Å². The number of carbonyl (C=O) groups excluding carboxylic acids is 1. The summed E-state index contributed by atoms with van der Waals surface area (Å²) in [6, 6.07) is 17.4. The number of amides is 1. The predicted octanol–water partition coefficient (Wildman–Crippen LogP) is 4.65. The van der Waals surface area contributed by atoms with E-state index in [-0.39, 0.29) is 18.5 Å². The van der Waals surface area contributed by atoms with E-state index in [1.807, 2.05) is 43.5 Å². The monoisotopic (exact) mass is 494 g/mol. The second-order valence-corrected chi connectivity index (χ2v) is 11.0. The Morgan fingerprint density at radius 2 is 1.91 bits per heavy atom. The molecule has 2 aromatic carbocycles. The van der Waals surface area contributed by atoms with Crippen LogP contribution in [-0.2, 0) is 16.6 Å². The minimum absolute atomic E-state index is 0.130. The molecular weight excluding hydrogens is 468 g/mol. The highest BCUT2D eigenvalue weighted by molar-refractivity contribution is 7.88. The van der Waals surface area contributed by atoms with Gasteiger partial charge in [0.25, 0.3) is 5.91 Å². The fourth-order valence-corrected chi connectivity index (χ4v) is 4.80. The zero-order valence-corrected chi connectivity index (χ0v) is 20.8. The first-order valence-corrected chi connectivity index (χ1v) is 13.5. The molecule has 0 aliphatic rings. The van der Waals surface area contributed by atoms with E-state index in [1.54, 1.807) is 23.6 Å². The van der Waals surface area contributed by atoms with Gasteiger partial charge < -0.3 is 5.32 Å². The van der Waals surface area contributed by atoms with Crippen LogP contribution in [0.3, 0.4) is 0 Å². The standard InChI is InChI=1S/C25H26N4O3S2/c1-16-6-7-18(15-27-34(3,31)32)11-22(16)25(30)28-17(2)19-12-20(23-8-9-26-29-23)14-21(13-19)24-5-4-10-33-24/h4-14,17,27H,15H2,1-3H3,(H,26,29)(H,28,30). The van der Waals surface area contributed by atoms with E-state index >= 15 is 0 Å². The molecule has 0 fully saturated rings. The molecule has 3 N–H and O–H groups in total. The lowest BCUT2D eigenvalue weighted by Crippen LogP contribution is -2.28. The van der Waals surface area contributed by atoms with Crippen LogP contribution in [0.2, 0.25) is 0 Å². The molecule has 1 amide bonds. The van der Waals surface area contributed by atoms with E-state index < -0.39 is 10.0 Å². The van der Waals surface area contributed by atoms with E-state index in [1.165, 1.54) is 0 Å². The van der Waals surface area contributed by atoms with Gasteiger partial charge in [-0.3, -0.25) is 9.89 Å². The molecule has 7 nitrogen and oxygen atoms in total. The number of aromatic amines is 1. The quantitative estimate of drug-likeness (QED) is 0.332. The van der Waals surface area contributed by atoms with Gasteiger partial charge in [0.2, 0.25) is 10.0 Å². The molecule has 1 unspecified atom stereocenters. The van der Waals surface area contributed by atoms with Gasteiger partial charge in [0.1, 0.15) is 0 Å². The zero-order chi connectivity index (χ0) is 24.3. The van der Waals surface area contributed by atoms with Crippen LogP contribution in [0.4, 0.5) is 0 Å². The maximum absolute atomic E-state index is 13.2. The van der Waals surface area contributed by atoms with Gasteiger partial charge in [-0.05, 0) is 77.9 Å². The lowest BCUT2D eigenvalue weighted by atomic mass is 9.98. The molecular formula is C25H26N4O3S2. The third-order valence-electron chi connectivity index (χ3n) is 5.51. The topological polar surface area (TPSA) is 104 Å². The third kappa shape index (κ3) is 5.80. The summed E-state index contributed by atoms with van der Waals surface area (Å²) in [6.07, 6.45) is 2.82. The smallest absolute Gasteiger partial charge is 0.252 e. The summed E-state index contributed by atoms with van der Waals surface area (Å²) in [5.41, 5.74) is 5.99. The number of sulfonamides is 1. The fourth-order valence-electron chi connectivity index (χ4n) is 3.65. The Labute approximate surface area is 203 Å². The van der Waals surface area contributed by atoms with Crippen molar-refractivity contribution in [3.05, 3.63) is 88.4 Å². The molecule has 34 heavy (non-hydrogen) atoms. The number of hydrogen-bond acceptors (Lipinski definition) is 5. The van der Waals surface area contributed by atoms with Gasteiger partial charge in [0, 0.05) is 28.7 Å². The van der Waals surface area contributed by atoms with Crippen LogP contribution in [0.15, 0.2) is 66.2 Å². The fraction of sp³-hybridized carbons (Fsp3) is 0.200. The minimum Gasteiger partial charge on any atom is -0.346 e. The normalized spacial score (nSPS) is 12.4. The molecule has 9 heteroatoms. The number of carbonyl (C=O) groups is 1. The van der Waals surface area contributed by atoms with E-state index in [9.17, 15) is 13.2 Å². The lowest BCUT2D eigenvalue weighted by Gasteiger charge is -2.18. The van der Waals surface area contributed by atoms with Gasteiger partial charge in [-0.25, -0.2) is 13.1 Å². The summed E-state index contributed by atoms with van der Waals surface area (Å²) in [4.78, 5) is 14.3. The molecule has 4 rings (SSSR count). The van der Waals surface area contributed by atoms with Crippen LogP contribution in [0.5, 0.6) is 0 Å². The summed E-state index contributed by atoms with van der Waals surface area (Å²) >= 11 is 1.66. The summed E-state index contributed by atoms with van der Waals surface area (Å²) in [5, 5.41) is 12.2. The van der Waals surface area contributed by atoms with Crippen LogP contribution in [0.1, 0.15) is 40.0 Å². The SMILES string of the molecule is Cc1ccc(CNS(C)(=O)=O)cc1C(=O)NC(C)c1cc(-c2ccn[nH]2)cc(-c2cccs2)c1. The molecule has 2 heterocycles. The Morgan fingerprint density at radius 3 is 2.59 bits per heavy atom. The van der Waals surface area contributed by atoms with Gasteiger partial charge in [-0.15, -0.1) is 11.3 Å². The van der Waals surface area contributed by atoms with Crippen molar-refractivity contribution >= 4 is 27.3 Å². The molecule has 0 aliphatic carbocycles. The van der Waals surface area contributed by atoms with Crippen molar-refractivity contribution in [3.63, 3.8) is 0 Å². The molecule has 0 spiro atoms. The molecule has 0 saturated carbocycles. The Bertz CT molecular complexity index is 1340. The Morgan fingerprint density at radius 1 is 1.12 bits per heavy atom. The van der Waals surface area contributed by atoms with Crippen molar-refractivity contribution in [2.75, 3.05) is 6.26 Å². The van der Waals surface area contributed by atoms with Crippen molar-refractivity contribution in [1.29, 1.82) is 0 Å². The van der Waals surface area contributed by atoms with Gasteiger partial charge in [0.05, 0.1) is 18.0 Å². The average Bonchev–Trinajstić information content (AvgIpc) is 3.52. The molecule has 0 aliphatic heterocycles. The number of H-pyrrole nitrogens is 1. The highest BCUT2D eigenvalue weighted by atomic mass is 32.2. The maximum Gasteiger partial charge on any atom is 0.252 e. The number of rotatable bonds is 8. The van der Waals surface area contributed by atoms with Crippen molar-refractivity contribution in [1.82, 2.24) is 20.2 Å². The molecule has 2 aromatic heterocycles. The number of aromatic nitrogens is 2. The largest absolute Gasteiger partial charge is 0.346 e. The Hall–Kier alpha value is -3.27. The van der Waals surface area contributed by atoms with Gasteiger partial charge in [-0.2, -0.15) is 5.10 Å². The number of nitrogens with zero attached hydrogens (tertiary/aromatic N) is 1. The Kier molecular flexibility index (Phi) is 6.97. The van der Waals surface area contributed by atoms with Crippen LogP contribution in [-0.4, -0.2) is 30.8 Å². The predicted molar refractivity (Wildman–Crippen MR) is 136 cm³/mol. The zero-order valence-electron chi connectivity index (χ0n) is 19.1. The van der Waals surface area contributed by atoms with E-state index in [0.29, 0.717) is 5.56 Å². The molecule has 0 bridgehead atoms. The van der Waals surface area contributed by atoms with Crippen LogP contribution >= 0.6 is 11.3 Å². The first-order chi connectivity index (χ1) is 16.2.